The normalized spacial score (nSPS) is 41.8. The van der Waals surface area contributed by atoms with Gasteiger partial charge in [-0.3, -0.25) is 0 Å². The Balaban J connectivity index is 1.79. The zero-order valence-electron chi connectivity index (χ0n) is 8.68. The first-order chi connectivity index (χ1) is 6.36. The lowest BCUT2D eigenvalue weighted by atomic mass is 9.80. The van der Waals surface area contributed by atoms with Crippen molar-refractivity contribution in [2.75, 3.05) is 19.6 Å². The second-order valence-corrected chi connectivity index (χ2v) is 4.75. The molecule has 0 amide bonds. The van der Waals surface area contributed by atoms with Gasteiger partial charge in [-0.15, -0.1) is 0 Å². The molecule has 0 saturated carbocycles. The molecule has 2 nitrogen and oxygen atoms in total. The van der Waals surface area contributed by atoms with Gasteiger partial charge in [0.05, 0.1) is 0 Å². The fourth-order valence-corrected chi connectivity index (χ4v) is 2.70. The van der Waals surface area contributed by atoms with Crippen molar-refractivity contribution in [3.8, 4) is 0 Å². The van der Waals surface area contributed by atoms with E-state index >= 15 is 0 Å². The summed E-state index contributed by atoms with van der Waals surface area (Å²) in [6.07, 6.45) is 5.66. The van der Waals surface area contributed by atoms with Gasteiger partial charge >= 0.3 is 0 Å². The van der Waals surface area contributed by atoms with Crippen LogP contribution in [0.25, 0.3) is 0 Å². The van der Waals surface area contributed by atoms with Crippen LogP contribution in [0.15, 0.2) is 0 Å². The summed E-state index contributed by atoms with van der Waals surface area (Å²) in [6.45, 7) is 6.07. The average molecular weight is 182 g/mol. The van der Waals surface area contributed by atoms with E-state index in [2.05, 4.69) is 17.6 Å². The van der Waals surface area contributed by atoms with Crippen molar-refractivity contribution < 1.29 is 0 Å². The largest absolute Gasteiger partial charge is 0.316 e. The van der Waals surface area contributed by atoms with Crippen LogP contribution in [0, 0.1) is 11.8 Å². The SMILES string of the molecule is C[C@@H]1CC[C@H](C2CCCNC2)CN1. The molecule has 0 bridgehead atoms. The summed E-state index contributed by atoms with van der Waals surface area (Å²) in [5.41, 5.74) is 0. The van der Waals surface area contributed by atoms with Gasteiger partial charge in [0.25, 0.3) is 0 Å². The monoisotopic (exact) mass is 182 g/mol. The molecule has 76 valence electrons. The number of nitrogens with one attached hydrogen (secondary N) is 2. The molecule has 13 heavy (non-hydrogen) atoms. The molecule has 0 aromatic carbocycles. The Bertz CT molecular complexity index is 144. The molecule has 1 unspecified atom stereocenters. The van der Waals surface area contributed by atoms with Crippen molar-refractivity contribution in [1.82, 2.24) is 10.6 Å². The van der Waals surface area contributed by atoms with Gasteiger partial charge in [-0.25, -0.2) is 0 Å². The Labute approximate surface area is 81.5 Å². The molecule has 2 fully saturated rings. The van der Waals surface area contributed by atoms with Crippen molar-refractivity contribution in [1.29, 1.82) is 0 Å². The van der Waals surface area contributed by atoms with Crippen molar-refractivity contribution in [3.63, 3.8) is 0 Å². The van der Waals surface area contributed by atoms with Gasteiger partial charge in [-0.1, -0.05) is 0 Å². The van der Waals surface area contributed by atoms with E-state index in [-0.39, 0.29) is 0 Å². The van der Waals surface area contributed by atoms with Crippen molar-refractivity contribution in [2.24, 2.45) is 11.8 Å². The highest BCUT2D eigenvalue weighted by Gasteiger charge is 2.26. The first kappa shape index (κ1) is 9.47. The molecule has 2 rings (SSSR count). The zero-order chi connectivity index (χ0) is 9.10. The van der Waals surface area contributed by atoms with Gasteiger partial charge in [0, 0.05) is 6.04 Å². The smallest absolute Gasteiger partial charge is 0.00389 e. The topological polar surface area (TPSA) is 24.1 Å². The van der Waals surface area contributed by atoms with Crippen LogP contribution in [0.1, 0.15) is 32.6 Å². The van der Waals surface area contributed by atoms with Gasteiger partial charge in [-0.2, -0.15) is 0 Å². The lowest BCUT2D eigenvalue weighted by molar-refractivity contribution is 0.202. The predicted octanol–water partition coefficient (Wildman–Crippen LogP) is 1.37. The fourth-order valence-electron chi connectivity index (χ4n) is 2.70. The third-order valence-electron chi connectivity index (χ3n) is 3.70. The minimum absolute atomic E-state index is 0.757. The minimum atomic E-state index is 0.757. The zero-order valence-corrected chi connectivity index (χ0v) is 8.68. The van der Waals surface area contributed by atoms with E-state index in [1.165, 1.54) is 45.3 Å². The summed E-state index contributed by atoms with van der Waals surface area (Å²) in [6, 6.07) is 0.757. The third kappa shape index (κ3) is 2.44. The molecule has 0 aromatic rings. The number of piperidine rings is 2. The molecule has 3 atom stereocenters. The van der Waals surface area contributed by atoms with Crippen molar-refractivity contribution in [2.45, 2.75) is 38.6 Å². The van der Waals surface area contributed by atoms with E-state index in [4.69, 9.17) is 0 Å². The summed E-state index contributed by atoms with van der Waals surface area (Å²) >= 11 is 0. The molecule has 0 aliphatic carbocycles. The molecule has 0 spiro atoms. The van der Waals surface area contributed by atoms with Crippen LogP contribution in [0.3, 0.4) is 0 Å². The van der Waals surface area contributed by atoms with Gasteiger partial charge < -0.3 is 10.6 Å². The fraction of sp³-hybridized carbons (Fsp3) is 1.00. The quantitative estimate of drug-likeness (QED) is 0.640. The molecule has 2 aliphatic heterocycles. The molecular formula is C11H22N2. The van der Waals surface area contributed by atoms with Crippen LogP contribution in [-0.4, -0.2) is 25.7 Å². The van der Waals surface area contributed by atoms with E-state index in [0.29, 0.717) is 0 Å². The molecule has 2 heterocycles. The van der Waals surface area contributed by atoms with E-state index in [0.717, 1.165) is 17.9 Å². The lowest BCUT2D eigenvalue weighted by Gasteiger charge is -2.35. The van der Waals surface area contributed by atoms with Gasteiger partial charge in [-0.05, 0) is 64.1 Å². The Morgan fingerprint density at radius 2 is 1.85 bits per heavy atom. The van der Waals surface area contributed by atoms with Crippen LogP contribution in [0.5, 0.6) is 0 Å². The van der Waals surface area contributed by atoms with Crippen LogP contribution >= 0.6 is 0 Å². The third-order valence-corrected chi connectivity index (χ3v) is 3.70. The summed E-state index contributed by atoms with van der Waals surface area (Å²) in [5, 5.41) is 7.12. The predicted molar refractivity (Wildman–Crippen MR) is 55.8 cm³/mol. The second-order valence-electron chi connectivity index (χ2n) is 4.75. The first-order valence-electron chi connectivity index (χ1n) is 5.80. The molecule has 0 radical (unpaired) electrons. The highest BCUT2D eigenvalue weighted by molar-refractivity contribution is 4.82. The Kier molecular flexibility index (Phi) is 3.23. The maximum atomic E-state index is 3.60. The van der Waals surface area contributed by atoms with E-state index < -0.39 is 0 Å². The van der Waals surface area contributed by atoms with Crippen molar-refractivity contribution >= 4 is 0 Å². The Morgan fingerprint density at radius 1 is 1.00 bits per heavy atom. The molecule has 2 saturated heterocycles. The van der Waals surface area contributed by atoms with Crippen LogP contribution in [-0.2, 0) is 0 Å². The molecule has 2 heteroatoms. The summed E-state index contributed by atoms with van der Waals surface area (Å²) in [4.78, 5) is 0. The van der Waals surface area contributed by atoms with Crippen molar-refractivity contribution in [3.05, 3.63) is 0 Å². The Morgan fingerprint density at radius 3 is 2.46 bits per heavy atom. The van der Waals surface area contributed by atoms with Gasteiger partial charge in [0.15, 0.2) is 0 Å². The second kappa shape index (κ2) is 4.43. The van der Waals surface area contributed by atoms with Crippen LogP contribution in [0.2, 0.25) is 0 Å². The van der Waals surface area contributed by atoms with E-state index in [9.17, 15) is 0 Å². The highest BCUT2D eigenvalue weighted by Crippen LogP contribution is 2.26. The van der Waals surface area contributed by atoms with E-state index in [1.807, 2.05) is 0 Å². The van der Waals surface area contributed by atoms with Crippen LogP contribution < -0.4 is 10.6 Å². The summed E-state index contributed by atoms with van der Waals surface area (Å²) in [7, 11) is 0. The summed E-state index contributed by atoms with van der Waals surface area (Å²) in [5.74, 6) is 1.90. The molecule has 2 aliphatic rings. The lowest BCUT2D eigenvalue weighted by Crippen LogP contribution is -2.43. The molecule has 2 N–H and O–H groups in total. The number of hydrogen-bond acceptors (Lipinski definition) is 2. The van der Waals surface area contributed by atoms with Crippen LogP contribution in [0.4, 0.5) is 0 Å². The molecule has 0 aromatic heterocycles. The molecular weight excluding hydrogens is 160 g/mol. The summed E-state index contributed by atoms with van der Waals surface area (Å²) < 4.78 is 0. The minimum Gasteiger partial charge on any atom is -0.316 e. The standard InChI is InChI=1S/C11H22N2/c1-9-4-5-11(8-13-9)10-3-2-6-12-7-10/h9-13H,2-8H2,1H3/t9-,10?,11+/m1/s1. The maximum absolute atomic E-state index is 3.60. The van der Waals surface area contributed by atoms with Gasteiger partial charge in [0.1, 0.15) is 0 Å². The number of rotatable bonds is 1. The Hall–Kier alpha value is -0.0800. The first-order valence-corrected chi connectivity index (χ1v) is 5.80. The van der Waals surface area contributed by atoms with Gasteiger partial charge in [0.2, 0.25) is 0 Å². The highest BCUT2D eigenvalue weighted by atomic mass is 14.9. The van der Waals surface area contributed by atoms with E-state index in [1.54, 1.807) is 0 Å². The maximum Gasteiger partial charge on any atom is 0.00389 e. The average Bonchev–Trinajstić information content (AvgIpc) is 2.20. The number of hydrogen-bond donors (Lipinski definition) is 2.